The van der Waals surface area contributed by atoms with Crippen molar-refractivity contribution in [1.29, 1.82) is 0 Å². The van der Waals surface area contributed by atoms with Crippen LogP contribution in [-0.2, 0) is 10.9 Å². The number of nitrogens with zero attached hydrogens (tertiary/aromatic N) is 3. The summed E-state index contributed by atoms with van der Waals surface area (Å²) >= 11 is 0. The van der Waals surface area contributed by atoms with E-state index < -0.39 is 12.0 Å². The number of methoxy groups -OCH3 is 1. The fourth-order valence-electron chi connectivity index (χ4n) is 2.39. The Morgan fingerprint density at radius 2 is 2.20 bits per heavy atom. The number of hydrogen-bond donors (Lipinski definition) is 1. The van der Waals surface area contributed by atoms with E-state index in [0.29, 0.717) is 25.6 Å². The standard InChI is InChI=1S/C12H17F3N4O/c1-20-7-8-3-2-4-19(6-8)10-5-9(16)17-11(18-10)12(13,14)15/h5,8H,2-4,6-7H2,1H3,(H2,16,17,18). The number of nitrogens with two attached hydrogens (primary N) is 1. The molecule has 0 aliphatic carbocycles. The lowest BCUT2D eigenvalue weighted by Gasteiger charge is -2.33. The molecular formula is C12H17F3N4O. The van der Waals surface area contributed by atoms with Crippen LogP contribution >= 0.6 is 0 Å². The van der Waals surface area contributed by atoms with Crippen molar-refractivity contribution >= 4 is 11.6 Å². The lowest BCUT2D eigenvalue weighted by molar-refractivity contribution is -0.144. The van der Waals surface area contributed by atoms with Gasteiger partial charge in [-0.2, -0.15) is 13.2 Å². The average Bonchev–Trinajstić information content (AvgIpc) is 2.38. The van der Waals surface area contributed by atoms with Gasteiger partial charge in [0.1, 0.15) is 11.6 Å². The summed E-state index contributed by atoms with van der Waals surface area (Å²) in [6.45, 7) is 1.86. The summed E-state index contributed by atoms with van der Waals surface area (Å²) in [5.41, 5.74) is 5.45. The summed E-state index contributed by atoms with van der Waals surface area (Å²) in [6.07, 6.45) is -2.71. The first-order valence-corrected chi connectivity index (χ1v) is 6.36. The van der Waals surface area contributed by atoms with Gasteiger partial charge in [-0.3, -0.25) is 0 Å². The van der Waals surface area contributed by atoms with E-state index in [2.05, 4.69) is 9.97 Å². The number of rotatable bonds is 3. The SMILES string of the molecule is COCC1CCCN(c2cc(N)nc(C(F)(F)F)n2)C1. The second-order valence-corrected chi connectivity index (χ2v) is 4.88. The zero-order valence-corrected chi connectivity index (χ0v) is 11.2. The van der Waals surface area contributed by atoms with Crippen molar-refractivity contribution in [2.45, 2.75) is 19.0 Å². The van der Waals surface area contributed by atoms with Crippen molar-refractivity contribution in [3.8, 4) is 0 Å². The molecule has 1 aromatic rings. The van der Waals surface area contributed by atoms with Gasteiger partial charge in [0.2, 0.25) is 5.82 Å². The molecule has 0 radical (unpaired) electrons. The molecule has 2 rings (SSSR count). The van der Waals surface area contributed by atoms with Crippen LogP contribution in [0.4, 0.5) is 24.8 Å². The second-order valence-electron chi connectivity index (χ2n) is 4.88. The molecule has 1 unspecified atom stereocenters. The molecule has 0 aromatic carbocycles. The Kier molecular flexibility index (Phi) is 4.32. The zero-order valence-electron chi connectivity index (χ0n) is 11.2. The maximum absolute atomic E-state index is 12.7. The fraction of sp³-hybridized carbons (Fsp3) is 0.667. The molecule has 2 heterocycles. The van der Waals surface area contributed by atoms with Crippen LogP contribution in [0.3, 0.4) is 0 Å². The Labute approximate surface area is 114 Å². The van der Waals surface area contributed by atoms with Gasteiger partial charge in [-0.1, -0.05) is 0 Å². The van der Waals surface area contributed by atoms with Gasteiger partial charge >= 0.3 is 6.18 Å². The van der Waals surface area contributed by atoms with Gasteiger partial charge in [-0.25, -0.2) is 9.97 Å². The van der Waals surface area contributed by atoms with Crippen LogP contribution in [0.2, 0.25) is 0 Å². The van der Waals surface area contributed by atoms with Crippen molar-refractivity contribution in [1.82, 2.24) is 9.97 Å². The predicted octanol–water partition coefficient (Wildman–Crippen LogP) is 1.94. The minimum absolute atomic E-state index is 0.170. The molecule has 0 saturated carbocycles. The number of anilines is 2. The van der Waals surface area contributed by atoms with Gasteiger partial charge in [0.05, 0.1) is 6.61 Å². The summed E-state index contributed by atoms with van der Waals surface area (Å²) in [6, 6.07) is 1.38. The van der Waals surface area contributed by atoms with Gasteiger partial charge in [0.15, 0.2) is 0 Å². The maximum atomic E-state index is 12.7. The van der Waals surface area contributed by atoms with Crippen LogP contribution in [0.1, 0.15) is 18.7 Å². The highest BCUT2D eigenvalue weighted by atomic mass is 19.4. The Morgan fingerprint density at radius 1 is 1.45 bits per heavy atom. The second kappa shape index (κ2) is 5.82. The van der Waals surface area contributed by atoms with Crippen molar-refractivity contribution in [2.75, 3.05) is 37.4 Å². The predicted molar refractivity (Wildman–Crippen MR) is 68.3 cm³/mol. The lowest BCUT2D eigenvalue weighted by atomic mass is 9.99. The van der Waals surface area contributed by atoms with Crippen LogP contribution in [0.15, 0.2) is 6.07 Å². The molecule has 1 saturated heterocycles. The molecule has 1 aromatic heterocycles. The molecule has 0 amide bonds. The maximum Gasteiger partial charge on any atom is 0.451 e. The van der Waals surface area contributed by atoms with E-state index in [1.807, 2.05) is 0 Å². The highest BCUT2D eigenvalue weighted by Crippen LogP contribution is 2.30. The van der Waals surface area contributed by atoms with Gasteiger partial charge < -0.3 is 15.4 Å². The zero-order chi connectivity index (χ0) is 14.8. The summed E-state index contributed by atoms with van der Waals surface area (Å²) < 4.78 is 43.2. The van der Waals surface area contributed by atoms with Gasteiger partial charge in [0.25, 0.3) is 0 Å². The number of nitrogen functional groups attached to an aromatic ring is 1. The molecule has 5 nitrogen and oxygen atoms in total. The molecule has 8 heteroatoms. The smallest absolute Gasteiger partial charge is 0.384 e. The first-order chi connectivity index (χ1) is 9.40. The molecule has 0 bridgehead atoms. The largest absolute Gasteiger partial charge is 0.451 e. The number of aromatic nitrogens is 2. The van der Waals surface area contributed by atoms with Gasteiger partial charge in [0, 0.05) is 26.3 Å². The third kappa shape index (κ3) is 3.50. The molecule has 1 atom stereocenters. The highest BCUT2D eigenvalue weighted by Gasteiger charge is 2.36. The number of ether oxygens (including phenoxy) is 1. The van der Waals surface area contributed by atoms with Crippen LogP contribution in [0, 0.1) is 5.92 Å². The normalized spacial score (nSPS) is 20.2. The molecular weight excluding hydrogens is 273 g/mol. The van der Waals surface area contributed by atoms with Gasteiger partial charge in [-0.15, -0.1) is 0 Å². The van der Waals surface area contributed by atoms with Crippen molar-refractivity contribution in [2.24, 2.45) is 5.92 Å². The monoisotopic (exact) mass is 290 g/mol. The molecule has 1 aliphatic rings. The molecule has 20 heavy (non-hydrogen) atoms. The molecule has 1 fully saturated rings. The Hall–Kier alpha value is -1.57. The quantitative estimate of drug-likeness (QED) is 0.921. The number of alkyl halides is 3. The van der Waals surface area contributed by atoms with E-state index in [4.69, 9.17) is 10.5 Å². The fourth-order valence-corrected chi connectivity index (χ4v) is 2.39. The topological polar surface area (TPSA) is 64.3 Å². The van der Waals surface area contributed by atoms with Crippen molar-refractivity contribution in [3.05, 3.63) is 11.9 Å². The Morgan fingerprint density at radius 3 is 2.85 bits per heavy atom. The molecule has 112 valence electrons. The number of hydrogen-bond acceptors (Lipinski definition) is 5. The average molecular weight is 290 g/mol. The van der Waals surface area contributed by atoms with E-state index in [0.717, 1.165) is 12.8 Å². The summed E-state index contributed by atoms with van der Waals surface area (Å²) in [7, 11) is 1.61. The van der Waals surface area contributed by atoms with Crippen LogP contribution < -0.4 is 10.6 Å². The number of halogens is 3. The van der Waals surface area contributed by atoms with E-state index in [1.54, 1.807) is 12.0 Å². The molecule has 1 aliphatic heterocycles. The van der Waals surface area contributed by atoms with E-state index in [9.17, 15) is 13.2 Å². The summed E-state index contributed by atoms with van der Waals surface area (Å²) in [5, 5.41) is 0. The Balaban J connectivity index is 2.21. The number of piperidine rings is 1. The van der Waals surface area contributed by atoms with E-state index in [1.165, 1.54) is 6.07 Å². The van der Waals surface area contributed by atoms with E-state index >= 15 is 0 Å². The van der Waals surface area contributed by atoms with Crippen LogP contribution in [0.25, 0.3) is 0 Å². The minimum atomic E-state index is -4.59. The molecule has 2 N–H and O–H groups in total. The third-order valence-electron chi connectivity index (χ3n) is 3.23. The van der Waals surface area contributed by atoms with Gasteiger partial charge in [-0.05, 0) is 18.8 Å². The third-order valence-corrected chi connectivity index (χ3v) is 3.23. The lowest BCUT2D eigenvalue weighted by Crippen LogP contribution is -2.38. The highest BCUT2D eigenvalue weighted by molar-refractivity contribution is 5.47. The van der Waals surface area contributed by atoms with Crippen LogP contribution in [0.5, 0.6) is 0 Å². The Bertz CT molecular complexity index is 465. The van der Waals surface area contributed by atoms with Crippen LogP contribution in [-0.4, -0.2) is 36.8 Å². The first-order valence-electron chi connectivity index (χ1n) is 6.36. The van der Waals surface area contributed by atoms with Crippen molar-refractivity contribution < 1.29 is 17.9 Å². The minimum Gasteiger partial charge on any atom is -0.384 e. The molecule has 0 spiro atoms. The van der Waals surface area contributed by atoms with Crippen molar-refractivity contribution in [3.63, 3.8) is 0 Å². The first kappa shape index (κ1) is 14.8. The van der Waals surface area contributed by atoms with E-state index in [-0.39, 0.29) is 11.6 Å². The summed E-state index contributed by atoms with van der Waals surface area (Å²) in [4.78, 5) is 8.64. The summed E-state index contributed by atoms with van der Waals surface area (Å²) in [5.74, 6) is -0.845.